The molecule has 1 aliphatic carbocycles. The number of nitrogens with zero attached hydrogens (tertiary/aromatic N) is 3. The molecule has 5 nitrogen and oxygen atoms in total. The molecule has 0 radical (unpaired) electrons. The number of carbonyl (C=O) groups excluding carboxylic acids is 2. The lowest BCUT2D eigenvalue weighted by Gasteiger charge is -2.36. The Hall–Kier alpha value is -2.86. The molecular weight excluding hydrogens is 526 g/mol. The van der Waals surface area contributed by atoms with Crippen molar-refractivity contribution in [3.05, 3.63) is 94.2 Å². The Kier molecular flexibility index (Phi) is 10.0. The normalized spacial score (nSPS) is 13.9. The first kappa shape index (κ1) is 27.2. The third-order valence-electron chi connectivity index (χ3n) is 7.27. The highest BCUT2D eigenvalue weighted by Gasteiger charge is 2.29. The van der Waals surface area contributed by atoms with Crippen LogP contribution in [0, 0.1) is 0 Å². The number of aromatic nitrogens is 1. The third-order valence-corrected chi connectivity index (χ3v) is 7.80. The lowest BCUT2D eigenvalue weighted by molar-refractivity contribution is -0.135. The molecule has 2 amide bonds. The van der Waals surface area contributed by atoms with Gasteiger partial charge in [0.15, 0.2) is 0 Å². The molecule has 0 saturated heterocycles. The summed E-state index contributed by atoms with van der Waals surface area (Å²) >= 11 is 3.44. The summed E-state index contributed by atoms with van der Waals surface area (Å²) in [5, 5.41) is 0. The largest absolute Gasteiger partial charge is 0.345 e. The van der Waals surface area contributed by atoms with Gasteiger partial charge < -0.3 is 14.4 Å². The topological polar surface area (TPSA) is 45.6 Å². The second kappa shape index (κ2) is 13.6. The molecule has 1 fully saturated rings. The molecule has 0 atom stereocenters. The number of hydrogen-bond donors (Lipinski definition) is 0. The van der Waals surface area contributed by atoms with E-state index in [1.165, 1.54) is 12.0 Å². The van der Waals surface area contributed by atoms with Gasteiger partial charge in [0, 0.05) is 41.1 Å². The Labute approximate surface area is 229 Å². The Balaban J connectivity index is 1.54. The molecule has 2 aromatic carbocycles. The molecular formula is C31H38BrN3O2. The average molecular weight is 565 g/mol. The first-order valence-electron chi connectivity index (χ1n) is 13.6. The molecule has 1 aliphatic rings. The van der Waals surface area contributed by atoms with E-state index in [9.17, 15) is 9.59 Å². The quantitative estimate of drug-likeness (QED) is 0.254. The van der Waals surface area contributed by atoms with Crippen LogP contribution in [0.15, 0.2) is 77.4 Å². The molecule has 6 heteroatoms. The van der Waals surface area contributed by atoms with Crippen molar-refractivity contribution in [1.82, 2.24) is 14.4 Å². The second-order valence-electron chi connectivity index (χ2n) is 10.0. The molecule has 196 valence electrons. The number of amides is 2. The van der Waals surface area contributed by atoms with Crippen LogP contribution in [0.2, 0.25) is 0 Å². The lowest BCUT2D eigenvalue weighted by atomic mass is 9.94. The van der Waals surface area contributed by atoms with Crippen LogP contribution in [0.1, 0.15) is 73.5 Å². The molecule has 0 bridgehead atoms. The van der Waals surface area contributed by atoms with Crippen LogP contribution in [-0.4, -0.2) is 45.3 Å². The zero-order valence-electron chi connectivity index (χ0n) is 21.8. The molecule has 0 spiro atoms. The highest BCUT2D eigenvalue weighted by molar-refractivity contribution is 9.10. The fourth-order valence-corrected chi connectivity index (χ4v) is 5.41. The molecule has 0 aliphatic heterocycles. The number of carbonyl (C=O) groups is 2. The minimum atomic E-state index is -0.0784. The summed E-state index contributed by atoms with van der Waals surface area (Å²) in [5.41, 5.74) is 2.98. The summed E-state index contributed by atoms with van der Waals surface area (Å²) in [6.45, 7) is 4.15. The maximum absolute atomic E-state index is 13.9. The summed E-state index contributed by atoms with van der Waals surface area (Å²) in [5.74, 6) is -0.0359. The predicted octanol–water partition coefficient (Wildman–Crippen LogP) is 6.90. The van der Waals surface area contributed by atoms with Crippen molar-refractivity contribution in [3.8, 4) is 0 Å². The minimum Gasteiger partial charge on any atom is -0.345 e. The average Bonchev–Trinajstić information content (AvgIpc) is 3.37. The van der Waals surface area contributed by atoms with Gasteiger partial charge in [-0.25, -0.2) is 0 Å². The van der Waals surface area contributed by atoms with Crippen LogP contribution in [0.25, 0.3) is 0 Å². The van der Waals surface area contributed by atoms with Crippen molar-refractivity contribution in [3.63, 3.8) is 0 Å². The van der Waals surface area contributed by atoms with E-state index in [1.807, 2.05) is 30.3 Å². The monoisotopic (exact) mass is 563 g/mol. The molecule has 3 aromatic rings. The van der Waals surface area contributed by atoms with Crippen molar-refractivity contribution in [2.24, 2.45) is 0 Å². The number of unbranched alkanes of at least 4 members (excludes halogenated alkanes) is 1. The Morgan fingerprint density at radius 1 is 0.946 bits per heavy atom. The van der Waals surface area contributed by atoms with Gasteiger partial charge in [-0.1, -0.05) is 78.9 Å². The van der Waals surface area contributed by atoms with Crippen molar-refractivity contribution in [2.75, 3.05) is 13.1 Å². The Morgan fingerprint density at radius 2 is 1.68 bits per heavy atom. The second-order valence-corrected chi connectivity index (χ2v) is 10.9. The van der Waals surface area contributed by atoms with Crippen molar-refractivity contribution in [2.45, 2.75) is 71.0 Å². The number of hydrogen-bond acceptors (Lipinski definition) is 2. The Morgan fingerprint density at radius 3 is 2.38 bits per heavy atom. The highest BCUT2D eigenvalue weighted by atomic mass is 79.9. The van der Waals surface area contributed by atoms with Gasteiger partial charge in [0.05, 0.1) is 6.54 Å². The van der Waals surface area contributed by atoms with Crippen molar-refractivity contribution >= 4 is 27.7 Å². The molecule has 1 heterocycles. The standard InChI is InChI=1S/C31H38BrN3O2/c1-2-3-20-34(31(37)26-16-18-27(32)19-17-26)24-30(36)35(28-13-8-5-9-14-28)23-29-15-10-21-33(29)22-25-11-6-4-7-12-25/h4,6-7,10-12,15-19,21,28H,2-3,5,8-9,13-14,20,22-24H2,1H3. The van der Waals surface area contributed by atoms with Gasteiger partial charge >= 0.3 is 0 Å². The van der Waals surface area contributed by atoms with Crippen molar-refractivity contribution < 1.29 is 9.59 Å². The van der Waals surface area contributed by atoms with E-state index in [2.05, 4.69) is 74.9 Å². The molecule has 1 aromatic heterocycles. The summed E-state index contributed by atoms with van der Waals surface area (Å²) in [7, 11) is 0. The zero-order chi connectivity index (χ0) is 26.0. The van der Waals surface area contributed by atoms with Crippen molar-refractivity contribution in [1.29, 1.82) is 0 Å². The van der Waals surface area contributed by atoms with Gasteiger partial charge in [-0.3, -0.25) is 9.59 Å². The highest BCUT2D eigenvalue weighted by Crippen LogP contribution is 2.25. The van der Waals surface area contributed by atoms with Gasteiger partial charge in [-0.2, -0.15) is 0 Å². The van der Waals surface area contributed by atoms with E-state index < -0.39 is 0 Å². The van der Waals surface area contributed by atoms with E-state index >= 15 is 0 Å². The molecule has 1 saturated carbocycles. The van der Waals surface area contributed by atoms with E-state index in [4.69, 9.17) is 0 Å². The van der Waals surface area contributed by atoms with E-state index in [1.54, 1.807) is 4.90 Å². The third kappa shape index (κ3) is 7.57. The minimum absolute atomic E-state index is 0.0425. The maximum Gasteiger partial charge on any atom is 0.254 e. The molecule has 0 unspecified atom stereocenters. The van der Waals surface area contributed by atoms with E-state index in [0.717, 1.165) is 55.2 Å². The summed E-state index contributed by atoms with van der Waals surface area (Å²) < 4.78 is 3.17. The van der Waals surface area contributed by atoms with E-state index in [-0.39, 0.29) is 24.4 Å². The predicted molar refractivity (Wildman–Crippen MR) is 152 cm³/mol. The maximum atomic E-state index is 13.9. The van der Waals surface area contributed by atoms with Crippen LogP contribution >= 0.6 is 15.9 Å². The first-order valence-corrected chi connectivity index (χ1v) is 14.4. The molecule has 37 heavy (non-hydrogen) atoms. The van der Waals surface area contributed by atoms with Gasteiger partial charge in [0.25, 0.3) is 5.91 Å². The van der Waals surface area contributed by atoms with Gasteiger partial charge in [0.2, 0.25) is 5.91 Å². The molecule has 0 N–H and O–H groups in total. The Bertz CT molecular complexity index is 1140. The molecule has 4 rings (SSSR count). The fraction of sp³-hybridized carbons (Fsp3) is 0.419. The first-order chi connectivity index (χ1) is 18.0. The summed E-state index contributed by atoms with van der Waals surface area (Å²) in [6, 6.07) is 22.2. The van der Waals surface area contributed by atoms with Crippen LogP contribution in [0.5, 0.6) is 0 Å². The van der Waals surface area contributed by atoms with Crippen LogP contribution in [-0.2, 0) is 17.9 Å². The smallest absolute Gasteiger partial charge is 0.254 e. The summed E-state index contributed by atoms with van der Waals surface area (Å²) in [4.78, 5) is 31.1. The zero-order valence-corrected chi connectivity index (χ0v) is 23.4. The fourth-order valence-electron chi connectivity index (χ4n) is 5.15. The van der Waals surface area contributed by atoms with Gasteiger partial charge in [-0.05, 0) is 61.2 Å². The van der Waals surface area contributed by atoms with Crippen LogP contribution in [0.4, 0.5) is 0 Å². The number of rotatable bonds is 11. The lowest BCUT2D eigenvalue weighted by Crippen LogP contribution is -2.47. The number of halogens is 1. The SMILES string of the molecule is CCCCN(CC(=O)N(Cc1cccn1Cc1ccccc1)C1CCCCC1)C(=O)c1ccc(Br)cc1. The number of benzene rings is 2. The van der Waals surface area contributed by atoms with Gasteiger partial charge in [-0.15, -0.1) is 0 Å². The summed E-state index contributed by atoms with van der Waals surface area (Å²) in [6.07, 6.45) is 9.52. The van der Waals surface area contributed by atoms with E-state index in [0.29, 0.717) is 18.7 Å². The van der Waals surface area contributed by atoms with Gasteiger partial charge in [0.1, 0.15) is 6.54 Å². The van der Waals surface area contributed by atoms with Crippen LogP contribution < -0.4 is 0 Å². The van der Waals surface area contributed by atoms with Crippen LogP contribution in [0.3, 0.4) is 0 Å².